The van der Waals surface area contributed by atoms with Crippen LogP contribution >= 0.6 is 11.6 Å². The molecule has 0 unspecified atom stereocenters. The molecule has 24 heavy (non-hydrogen) atoms. The second kappa shape index (κ2) is 7.16. The fourth-order valence-corrected chi connectivity index (χ4v) is 4.30. The summed E-state index contributed by atoms with van der Waals surface area (Å²) in [5.41, 5.74) is 2.44. The molecule has 1 aliphatic heterocycles. The average molecular weight is 366 g/mol. The van der Waals surface area contributed by atoms with Crippen LogP contribution in [0.25, 0.3) is 10.9 Å². The Kier molecular flexibility index (Phi) is 5.35. The van der Waals surface area contributed by atoms with Crippen LogP contribution in [0.5, 0.6) is 0 Å². The molecule has 1 aliphatic rings. The van der Waals surface area contributed by atoms with E-state index in [1.165, 1.54) is 24.6 Å². The monoisotopic (exact) mass is 365 g/mol. The van der Waals surface area contributed by atoms with Crippen molar-refractivity contribution in [2.24, 2.45) is 0 Å². The van der Waals surface area contributed by atoms with E-state index in [0.717, 1.165) is 24.1 Å². The molecular weight excluding hydrogens is 338 g/mol. The molecule has 2 aromatic rings. The van der Waals surface area contributed by atoms with E-state index >= 15 is 0 Å². The maximum atomic E-state index is 6.14. The summed E-state index contributed by atoms with van der Waals surface area (Å²) < 4.78 is 8.34. The number of hydrogen-bond acceptors (Lipinski definition) is 3. The standard InChI is InChI=1S/C18H28ClN3OSi/c1-21-7-5-6-15(21)17-10-14-12-20-18(19)11-16(14)22(17)13-23-8-9-24(2,3)4/h10-12,15H,5-9,13H2,1-4H3/t15-/m1/s1. The van der Waals surface area contributed by atoms with Crippen LogP contribution in [0, 0.1) is 0 Å². The second-order valence-electron chi connectivity index (χ2n) is 8.05. The number of halogens is 1. The highest BCUT2D eigenvalue weighted by molar-refractivity contribution is 6.76. The van der Waals surface area contributed by atoms with Gasteiger partial charge in [-0.3, -0.25) is 4.90 Å². The first-order valence-corrected chi connectivity index (χ1v) is 12.9. The van der Waals surface area contributed by atoms with Crippen molar-refractivity contribution in [2.45, 2.75) is 51.3 Å². The van der Waals surface area contributed by atoms with Crippen molar-refractivity contribution in [1.82, 2.24) is 14.5 Å². The van der Waals surface area contributed by atoms with Crippen molar-refractivity contribution in [3.05, 3.63) is 29.2 Å². The van der Waals surface area contributed by atoms with Gasteiger partial charge in [-0.1, -0.05) is 31.2 Å². The van der Waals surface area contributed by atoms with Gasteiger partial charge in [0.1, 0.15) is 11.9 Å². The first kappa shape index (κ1) is 17.9. The van der Waals surface area contributed by atoms with Crippen LogP contribution in [-0.4, -0.2) is 42.7 Å². The van der Waals surface area contributed by atoms with E-state index in [4.69, 9.17) is 16.3 Å². The second-order valence-corrected chi connectivity index (χ2v) is 14.1. The summed E-state index contributed by atoms with van der Waals surface area (Å²) in [6, 6.07) is 5.86. The SMILES string of the molecule is CN1CCC[C@@H]1c1cc2cnc(Cl)cc2n1COCC[Si](C)(C)C. The zero-order valence-corrected chi connectivity index (χ0v) is 16.9. The molecule has 0 aliphatic carbocycles. The molecule has 0 N–H and O–H groups in total. The smallest absolute Gasteiger partial charge is 0.131 e. The Hall–Kier alpha value is -0.883. The third-order valence-corrected chi connectivity index (χ3v) is 6.77. The third kappa shape index (κ3) is 4.02. The third-order valence-electron chi connectivity index (χ3n) is 4.86. The van der Waals surface area contributed by atoms with Gasteiger partial charge in [-0.2, -0.15) is 0 Å². The lowest BCUT2D eigenvalue weighted by Gasteiger charge is -2.22. The van der Waals surface area contributed by atoms with E-state index in [2.05, 4.69) is 47.2 Å². The van der Waals surface area contributed by atoms with Crippen LogP contribution in [-0.2, 0) is 11.5 Å². The van der Waals surface area contributed by atoms with Crippen molar-refractivity contribution in [2.75, 3.05) is 20.2 Å². The Balaban J connectivity index is 1.86. The van der Waals surface area contributed by atoms with Gasteiger partial charge in [-0.15, -0.1) is 0 Å². The van der Waals surface area contributed by atoms with E-state index in [1.807, 2.05) is 12.3 Å². The minimum Gasteiger partial charge on any atom is -0.361 e. The molecule has 0 spiro atoms. The summed E-state index contributed by atoms with van der Waals surface area (Å²) in [6.45, 7) is 9.72. The van der Waals surface area contributed by atoms with Crippen LogP contribution in [0.4, 0.5) is 0 Å². The van der Waals surface area contributed by atoms with Crippen molar-refractivity contribution < 1.29 is 4.74 Å². The number of fused-ring (bicyclic) bond motifs is 1. The Bertz CT molecular complexity index is 710. The Morgan fingerprint density at radius 3 is 2.79 bits per heavy atom. The number of rotatable bonds is 6. The van der Waals surface area contributed by atoms with Gasteiger partial charge in [-0.25, -0.2) is 4.98 Å². The molecule has 0 bridgehead atoms. The highest BCUT2D eigenvalue weighted by Crippen LogP contribution is 2.34. The largest absolute Gasteiger partial charge is 0.361 e. The number of likely N-dealkylation sites (tertiary alicyclic amines) is 1. The van der Waals surface area contributed by atoms with Gasteiger partial charge >= 0.3 is 0 Å². The molecule has 4 nitrogen and oxygen atoms in total. The van der Waals surface area contributed by atoms with E-state index in [9.17, 15) is 0 Å². The van der Waals surface area contributed by atoms with Crippen molar-refractivity contribution >= 4 is 30.6 Å². The van der Waals surface area contributed by atoms with Crippen LogP contribution in [0.3, 0.4) is 0 Å². The molecule has 1 saturated heterocycles. The van der Waals surface area contributed by atoms with E-state index in [-0.39, 0.29) is 0 Å². The van der Waals surface area contributed by atoms with Gasteiger partial charge < -0.3 is 9.30 Å². The molecule has 3 rings (SSSR count). The molecule has 0 aromatic carbocycles. The summed E-state index contributed by atoms with van der Waals surface area (Å²) in [7, 11) is 1.14. The van der Waals surface area contributed by atoms with Crippen molar-refractivity contribution in [3.8, 4) is 0 Å². The Morgan fingerprint density at radius 2 is 2.12 bits per heavy atom. The molecule has 6 heteroatoms. The van der Waals surface area contributed by atoms with Crippen molar-refractivity contribution in [1.29, 1.82) is 0 Å². The topological polar surface area (TPSA) is 30.3 Å². The first-order valence-electron chi connectivity index (χ1n) is 8.78. The minimum absolute atomic E-state index is 0.455. The minimum atomic E-state index is -1.07. The average Bonchev–Trinajstić information content (AvgIpc) is 3.06. The Morgan fingerprint density at radius 1 is 1.33 bits per heavy atom. The lowest BCUT2D eigenvalue weighted by atomic mass is 10.1. The fourth-order valence-electron chi connectivity index (χ4n) is 3.39. The van der Waals surface area contributed by atoms with Gasteiger partial charge in [0.15, 0.2) is 0 Å². The number of aromatic nitrogens is 2. The summed E-state index contributed by atoms with van der Waals surface area (Å²) in [4.78, 5) is 6.67. The van der Waals surface area contributed by atoms with Crippen molar-refractivity contribution in [3.63, 3.8) is 0 Å². The van der Waals surface area contributed by atoms with Gasteiger partial charge in [-0.05, 0) is 44.6 Å². The predicted octanol–water partition coefficient (Wildman–Crippen LogP) is 4.77. The maximum Gasteiger partial charge on any atom is 0.131 e. The molecule has 1 fully saturated rings. The maximum absolute atomic E-state index is 6.14. The van der Waals surface area contributed by atoms with Gasteiger partial charge in [0.25, 0.3) is 0 Å². The molecule has 3 heterocycles. The van der Waals surface area contributed by atoms with E-state index in [1.54, 1.807) is 0 Å². The van der Waals surface area contributed by atoms with Gasteiger partial charge in [0.2, 0.25) is 0 Å². The summed E-state index contributed by atoms with van der Waals surface area (Å²) in [6.07, 6.45) is 4.32. The molecule has 0 amide bonds. The molecule has 2 aromatic heterocycles. The van der Waals surface area contributed by atoms with Crippen LogP contribution < -0.4 is 0 Å². The Labute approximate surface area is 150 Å². The normalized spacial score (nSPS) is 19.5. The molecule has 1 atom stereocenters. The number of ether oxygens (including phenoxy) is 1. The lowest BCUT2D eigenvalue weighted by molar-refractivity contribution is 0.0857. The zero-order chi connectivity index (χ0) is 17.3. The zero-order valence-electron chi connectivity index (χ0n) is 15.2. The van der Waals surface area contributed by atoms with Gasteiger partial charge in [0, 0.05) is 38.0 Å². The lowest BCUT2D eigenvalue weighted by Crippen LogP contribution is -2.23. The van der Waals surface area contributed by atoms with Crippen LogP contribution in [0.15, 0.2) is 18.3 Å². The molecule has 0 saturated carbocycles. The number of nitrogens with zero attached hydrogens (tertiary/aromatic N) is 3. The number of hydrogen-bond donors (Lipinski definition) is 0. The summed E-state index contributed by atoms with van der Waals surface area (Å²) in [5.74, 6) is 0. The van der Waals surface area contributed by atoms with Crippen LogP contribution in [0.1, 0.15) is 24.6 Å². The highest BCUT2D eigenvalue weighted by atomic mass is 35.5. The first-order chi connectivity index (χ1) is 11.3. The molecule has 132 valence electrons. The summed E-state index contributed by atoms with van der Waals surface area (Å²) in [5, 5.41) is 1.68. The fraction of sp³-hybridized carbons (Fsp3) is 0.611. The highest BCUT2D eigenvalue weighted by Gasteiger charge is 2.26. The quantitative estimate of drug-likeness (QED) is 0.419. The number of pyridine rings is 1. The van der Waals surface area contributed by atoms with Crippen LogP contribution in [0.2, 0.25) is 30.8 Å². The van der Waals surface area contributed by atoms with Gasteiger partial charge in [0.05, 0.1) is 5.52 Å². The predicted molar refractivity (Wildman–Crippen MR) is 103 cm³/mol. The molecular formula is C18H28ClN3OSi. The molecule has 0 radical (unpaired) electrons. The summed E-state index contributed by atoms with van der Waals surface area (Å²) >= 11 is 6.14. The van der Waals surface area contributed by atoms with E-state index in [0.29, 0.717) is 17.9 Å². The van der Waals surface area contributed by atoms with E-state index < -0.39 is 8.07 Å².